The molecule has 1 aromatic carbocycles. The standard InChI is InChI=1S/C17H18BrNO4S2/c1-23-12-4-5-14(18)13(11-12)17(20)19-7-6-16(15-3-2-9-24-15)25(21,22)10-8-19/h2-5,9,11,16H,6-8,10H2,1H3/t16-/m0/s1. The molecule has 1 amide bonds. The molecule has 0 unspecified atom stereocenters. The average molecular weight is 444 g/mol. The lowest BCUT2D eigenvalue weighted by Crippen LogP contribution is -2.33. The summed E-state index contributed by atoms with van der Waals surface area (Å²) in [6.45, 7) is 0.608. The summed E-state index contributed by atoms with van der Waals surface area (Å²) < 4.78 is 31.1. The molecule has 1 aliphatic rings. The molecule has 1 saturated heterocycles. The third-order valence-corrected chi connectivity index (χ3v) is 8.23. The van der Waals surface area contributed by atoms with Crippen molar-refractivity contribution in [1.82, 2.24) is 4.90 Å². The predicted octanol–water partition coefficient (Wildman–Crippen LogP) is 3.52. The Hall–Kier alpha value is -1.38. The van der Waals surface area contributed by atoms with Gasteiger partial charge in [-0.05, 0) is 52.0 Å². The largest absolute Gasteiger partial charge is 0.497 e. The van der Waals surface area contributed by atoms with Gasteiger partial charge in [0.25, 0.3) is 5.91 Å². The first-order chi connectivity index (χ1) is 11.9. The van der Waals surface area contributed by atoms with Gasteiger partial charge in [-0.1, -0.05) is 6.07 Å². The second-order valence-electron chi connectivity index (χ2n) is 5.80. The van der Waals surface area contributed by atoms with E-state index in [2.05, 4.69) is 15.9 Å². The van der Waals surface area contributed by atoms with E-state index < -0.39 is 15.1 Å². The van der Waals surface area contributed by atoms with Crippen molar-refractivity contribution >= 4 is 43.0 Å². The van der Waals surface area contributed by atoms with Crippen LogP contribution in [0.15, 0.2) is 40.2 Å². The van der Waals surface area contributed by atoms with Gasteiger partial charge in [-0.3, -0.25) is 4.79 Å². The number of hydrogen-bond donors (Lipinski definition) is 0. The molecule has 0 bridgehead atoms. The zero-order valence-corrected chi connectivity index (χ0v) is 16.9. The van der Waals surface area contributed by atoms with Gasteiger partial charge < -0.3 is 9.64 Å². The number of carbonyl (C=O) groups is 1. The minimum Gasteiger partial charge on any atom is -0.497 e. The molecule has 1 aromatic heterocycles. The lowest BCUT2D eigenvalue weighted by atomic mass is 10.1. The Labute approximate surface area is 159 Å². The van der Waals surface area contributed by atoms with Crippen LogP contribution in [0.5, 0.6) is 5.75 Å². The fraction of sp³-hybridized carbons (Fsp3) is 0.353. The molecule has 2 heterocycles. The molecular weight excluding hydrogens is 426 g/mol. The van der Waals surface area contributed by atoms with Crippen LogP contribution in [-0.4, -0.2) is 45.2 Å². The van der Waals surface area contributed by atoms with Crippen LogP contribution in [0.4, 0.5) is 0 Å². The minimum absolute atomic E-state index is 0.0249. The fourth-order valence-corrected chi connectivity index (χ4v) is 6.33. The average Bonchev–Trinajstić information content (AvgIpc) is 3.06. The van der Waals surface area contributed by atoms with Crippen molar-refractivity contribution in [2.75, 3.05) is 26.0 Å². The summed E-state index contributed by atoms with van der Waals surface area (Å²) in [5, 5.41) is 1.35. The molecule has 0 aliphatic carbocycles. The summed E-state index contributed by atoms with van der Waals surface area (Å²) in [4.78, 5) is 15.4. The molecule has 134 valence electrons. The van der Waals surface area contributed by atoms with E-state index in [-0.39, 0.29) is 18.2 Å². The number of halogens is 1. The number of hydrogen-bond acceptors (Lipinski definition) is 5. The topological polar surface area (TPSA) is 63.7 Å². The van der Waals surface area contributed by atoms with Gasteiger partial charge in [0.1, 0.15) is 5.75 Å². The smallest absolute Gasteiger partial charge is 0.255 e. The molecule has 0 N–H and O–H groups in total. The number of thiophene rings is 1. The number of ether oxygens (including phenoxy) is 1. The second-order valence-corrected chi connectivity index (χ2v) is 9.93. The second kappa shape index (κ2) is 7.47. The summed E-state index contributed by atoms with van der Waals surface area (Å²) >= 11 is 4.84. The SMILES string of the molecule is COc1ccc(Br)c(C(=O)N2CC[C@@H](c3cccs3)S(=O)(=O)CC2)c1. The van der Waals surface area contributed by atoms with Crippen LogP contribution in [0.2, 0.25) is 0 Å². The van der Waals surface area contributed by atoms with E-state index >= 15 is 0 Å². The molecule has 5 nitrogen and oxygen atoms in total. The number of carbonyl (C=O) groups excluding carboxylic acids is 1. The van der Waals surface area contributed by atoms with Crippen molar-refractivity contribution in [3.8, 4) is 5.75 Å². The molecule has 2 aromatic rings. The number of rotatable bonds is 3. The Bertz CT molecular complexity index is 865. The predicted molar refractivity (Wildman–Crippen MR) is 102 cm³/mol. The van der Waals surface area contributed by atoms with Crippen LogP contribution >= 0.6 is 27.3 Å². The van der Waals surface area contributed by atoms with Crippen LogP contribution in [0.3, 0.4) is 0 Å². The molecule has 0 spiro atoms. The number of methoxy groups -OCH3 is 1. The Kier molecular flexibility index (Phi) is 5.50. The van der Waals surface area contributed by atoms with Crippen LogP contribution in [0.25, 0.3) is 0 Å². The molecule has 1 atom stereocenters. The zero-order valence-electron chi connectivity index (χ0n) is 13.6. The van der Waals surface area contributed by atoms with Gasteiger partial charge in [0, 0.05) is 22.4 Å². The summed E-state index contributed by atoms with van der Waals surface area (Å²) in [7, 11) is -1.73. The molecule has 25 heavy (non-hydrogen) atoms. The van der Waals surface area contributed by atoms with Crippen LogP contribution < -0.4 is 4.74 Å². The Balaban J connectivity index is 1.84. The van der Waals surface area contributed by atoms with Gasteiger partial charge in [-0.25, -0.2) is 8.42 Å². The molecule has 3 rings (SSSR count). The lowest BCUT2D eigenvalue weighted by Gasteiger charge is -2.21. The van der Waals surface area contributed by atoms with Crippen molar-refractivity contribution in [2.24, 2.45) is 0 Å². The molecule has 1 aliphatic heterocycles. The Morgan fingerprint density at radius 1 is 1.32 bits per heavy atom. The summed E-state index contributed by atoms with van der Waals surface area (Å²) in [6, 6.07) is 8.90. The van der Waals surface area contributed by atoms with Crippen molar-refractivity contribution in [2.45, 2.75) is 11.7 Å². The number of nitrogens with zero attached hydrogens (tertiary/aromatic N) is 1. The lowest BCUT2D eigenvalue weighted by molar-refractivity contribution is 0.0765. The molecule has 0 radical (unpaired) electrons. The number of amides is 1. The van der Waals surface area contributed by atoms with Gasteiger partial charge >= 0.3 is 0 Å². The Morgan fingerprint density at radius 2 is 2.12 bits per heavy atom. The molecular formula is C17H18BrNO4S2. The highest BCUT2D eigenvalue weighted by atomic mass is 79.9. The Morgan fingerprint density at radius 3 is 2.80 bits per heavy atom. The fourth-order valence-electron chi connectivity index (χ4n) is 2.91. The first kappa shape index (κ1) is 18.4. The first-order valence-corrected chi connectivity index (χ1v) is 11.2. The van der Waals surface area contributed by atoms with Crippen LogP contribution in [0.1, 0.15) is 26.9 Å². The quantitative estimate of drug-likeness (QED) is 0.727. The van der Waals surface area contributed by atoms with Crippen molar-refractivity contribution in [1.29, 1.82) is 0 Å². The normalized spacial score (nSPS) is 20.1. The van der Waals surface area contributed by atoms with E-state index in [9.17, 15) is 13.2 Å². The third kappa shape index (κ3) is 3.91. The summed E-state index contributed by atoms with van der Waals surface area (Å²) in [5.74, 6) is 0.376. The third-order valence-electron chi connectivity index (χ3n) is 4.29. The summed E-state index contributed by atoms with van der Waals surface area (Å²) in [6.07, 6.45) is 0.413. The number of benzene rings is 1. The molecule has 1 fully saturated rings. The van der Waals surface area contributed by atoms with Gasteiger partial charge in [0.15, 0.2) is 9.84 Å². The van der Waals surface area contributed by atoms with Crippen molar-refractivity contribution < 1.29 is 17.9 Å². The van der Waals surface area contributed by atoms with E-state index in [0.29, 0.717) is 28.8 Å². The molecule has 8 heteroatoms. The van der Waals surface area contributed by atoms with E-state index in [4.69, 9.17) is 4.74 Å². The van der Waals surface area contributed by atoms with Crippen molar-refractivity contribution in [3.05, 3.63) is 50.6 Å². The highest BCUT2D eigenvalue weighted by molar-refractivity contribution is 9.10. The summed E-state index contributed by atoms with van der Waals surface area (Å²) in [5.41, 5.74) is 0.478. The van der Waals surface area contributed by atoms with Gasteiger partial charge in [0.2, 0.25) is 0 Å². The monoisotopic (exact) mass is 443 g/mol. The highest BCUT2D eigenvalue weighted by Gasteiger charge is 2.33. The van der Waals surface area contributed by atoms with E-state index in [1.165, 1.54) is 11.3 Å². The first-order valence-electron chi connectivity index (χ1n) is 7.80. The van der Waals surface area contributed by atoms with E-state index in [1.807, 2.05) is 17.5 Å². The maximum absolute atomic E-state index is 12.9. The van der Waals surface area contributed by atoms with E-state index in [0.717, 1.165) is 4.88 Å². The van der Waals surface area contributed by atoms with Crippen LogP contribution in [0, 0.1) is 0 Å². The van der Waals surface area contributed by atoms with E-state index in [1.54, 1.807) is 30.2 Å². The maximum Gasteiger partial charge on any atom is 0.255 e. The van der Waals surface area contributed by atoms with Gasteiger partial charge in [-0.15, -0.1) is 11.3 Å². The van der Waals surface area contributed by atoms with Crippen molar-refractivity contribution in [3.63, 3.8) is 0 Å². The van der Waals surface area contributed by atoms with Gasteiger partial charge in [0.05, 0.1) is 23.7 Å². The highest BCUT2D eigenvalue weighted by Crippen LogP contribution is 2.33. The molecule has 0 saturated carbocycles. The van der Waals surface area contributed by atoms with Crippen LogP contribution in [-0.2, 0) is 9.84 Å². The number of sulfone groups is 1. The zero-order chi connectivity index (χ0) is 18.0. The maximum atomic E-state index is 12.9. The van der Waals surface area contributed by atoms with Gasteiger partial charge in [-0.2, -0.15) is 0 Å². The minimum atomic E-state index is -3.27.